The van der Waals surface area contributed by atoms with E-state index in [0.717, 1.165) is 8.88 Å². The lowest BCUT2D eigenvalue weighted by Crippen LogP contribution is -2.38. The number of aldehydes is 2. The Kier molecular flexibility index (Phi) is 81.4. The van der Waals surface area contributed by atoms with Gasteiger partial charge in [-0.15, -0.1) is 0 Å². The molecule has 5 aromatic carbocycles. The number of rotatable bonds is 27. The molecule has 0 aromatic heterocycles. The fourth-order valence-electron chi connectivity index (χ4n) is 8.89. The molecule has 137 heavy (non-hydrogen) atoms. The number of carboxylic acid groups (broad SMARTS) is 3. The molecule has 0 unspecified atom stereocenters. The molecule has 5 rings (SSSR count). The van der Waals surface area contributed by atoms with Gasteiger partial charge < -0.3 is 67.0 Å². The number of nitrogens with one attached hydrogen (secondary N) is 4. The number of hydrogen-bond donors (Lipinski definition) is 9. The lowest BCUT2D eigenvalue weighted by atomic mass is 9.92. The largest absolute Gasteiger partial charge is 0.481 e. The third-order valence-electron chi connectivity index (χ3n) is 13.8. The number of nitrogens with two attached hydrogens (primary N) is 2. The minimum Gasteiger partial charge on any atom is -0.481 e. The van der Waals surface area contributed by atoms with Gasteiger partial charge >= 0.3 is 54.1 Å². The van der Waals surface area contributed by atoms with Crippen LogP contribution in [0.1, 0.15) is 223 Å². The molecule has 0 bridgehead atoms. The second-order valence-electron chi connectivity index (χ2n) is 32.1. The van der Waals surface area contributed by atoms with E-state index in [-0.39, 0.29) is 156 Å². The van der Waals surface area contributed by atoms with Crippen LogP contribution in [-0.4, -0.2) is 178 Å². The van der Waals surface area contributed by atoms with Gasteiger partial charge in [0.25, 0.3) is 23.6 Å². The van der Waals surface area contributed by atoms with Gasteiger partial charge in [-0.1, -0.05) is 172 Å². The average Bonchev–Trinajstić information content (AvgIpc) is 0.853. The van der Waals surface area contributed by atoms with Gasteiger partial charge in [0.05, 0.1) is 84.4 Å². The predicted molar refractivity (Wildman–Crippen MR) is 544 cm³/mol. The fraction of sp³-hybridized carbons (Fsp3) is 0.483. The van der Waals surface area contributed by atoms with Crippen LogP contribution in [0.5, 0.6) is 0 Å². The molecule has 5 aromatic rings. The zero-order valence-corrected chi connectivity index (χ0v) is 88.8. The number of esters is 4. The zero-order valence-electron chi connectivity index (χ0n) is 76.2. The number of hydrogen-bond acceptors (Lipinski definition) is 25. The number of Topliss-reactive ketones (excluding diaryl/α,β-unsaturated/α-hetero) is 2. The molecule has 0 spiro atoms. The molecule has 776 valence electrons. The molecular formula is C87H118Cl10F6N6O22S6. The summed E-state index contributed by atoms with van der Waals surface area (Å²) in [5, 5.41) is 38.6. The van der Waals surface area contributed by atoms with Gasteiger partial charge in [0, 0.05) is 91.6 Å². The Morgan fingerprint density at radius 1 is 0.401 bits per heavy atom. The van der Waals surface area contributed by atoms with E-state index < -0.39 is 125 Å². The van der Waals surface area contributed by atoms with E-state index in [9.17, 15) is 88.7 Å². The summed E-state index contributed by atoms with van der Waals surface area (Å²) >= 11 is 73.3. The van der Waals surface area contributed by atoms with Gasteiger partial charge in [0.1, 0.15) is 41.5 Å². The quantitative estimate of drug-likeness (QED) is 0.0102. The van der Waals surface area contributed by atoms with Crippen molar-refractivity contribution in [1.29, 1.82) is 0 Å². The van der Waals surface area contributed by atoms with E-state index in [2.05, 4.69) is 66.0 Å². The van der Waals surface area contributed by atoms with Crippen molar-refractivity contribution in [2.45, 2.75) is 212 Å². The molecule has 0 fully saturated rings. The zero-order chi connectivity index (χ0) is 106. The van der Waals surface area contributed by atoms with Gasteiger partial charge in [-0.05, 0) is 211 Å². The SMILES string of the molecule is C.C.CC(C)(C)OC(=O)CN.CC(C)(C)OC(=O)CNC(=O)c1cc(Cl)ccc1Cl.CC(C)C[C@H](CC(=O)CNC(=O)c1cc(Cl)ccc1Cl)C(=O)O.CC(C)C[C@H](CC(=O)CNC(=O)c1cc(Cl)ccc1Cl)C(=O)OC(C)(C)C.CC(C)C[C@H](N)C(=O)OC(C)(C)C.O=C(O)CNC(=O)c1cc(Cl)ccc1Cl.O=C(O)c1cc(Cl)ccc1Cl.O=CC(F)(F)F.O=CC(F)(F)F.S.S=S.S=S=S. The van der Waals surface area contributed by atoms with Crippen molar-refractivity contribution >= 4 is 273 Å². The van der Waals surface area contributed by atoms with Crippen LogP contribution in [0.3, 0.4) is 0 Å². The molecular weight excluding hydrogens is 2140 g/mol. The van der Waals surface area contributed by atoms with Crippen molar-refractivity contribution < 1.29 is 133 Å². The number of aromatic carboxylic acids is 1. The summed E-state index contributed by atoms with van der Waals surface area (Å²) < 4.78 is 82.9. The van der Waals surface area contributed by atoms with E-state index in [1.54, 1.807) is 80.5 Å². The number of carboxylic acids is 3. The molecule has 50 heteroatoms. The van der Waals surface area contributed by atoms with Crippen LogP contribution in [0.25, 0.3) is 0 Å². The molecule has 0 heterocycles. The fourth-order valence-corrected chi connectivity index (χ4v) is 10.8. The normalized spacial score (nSPS) is 11.1. The highest BCUT2D eigenvalue weighted by Gasteiger charge is 2.31. The van der Waals surface area contributed by atoms with E-state index in [4.69, 9.17) is 171 Å². The standard InChI is InChI=1S/C20H27Cl2NO4.C16H19Cl2NO4.C13H15Cl2NO3.C10H21NO2.C9H7Cl2NO3.C7H4Cl2O2.C6H13NO2.2C2HF3O.2CH4.S3.S2.H2S/c1-12(2)8-13(19(26)27-20(3,4)5)9-15(24)11-23-18(25)16-10-14(21)6-7-17(16)22;1-9(2)5-10(16(22)23)6-12(20)8-19-15(21)13-7-11(17)3-4-14(13)18;1-13(2,3)19-11(17)7-16-12(18)9-6-8(14)4-5-10(9)15;1-7(2)6-8(11)9(12)13-10(3,4)5;10-5-1-2-7(11)6(3-5)9(15)12-4-8(13)14;8-4-1-2-6(9)5(3-4)7(10)11;1-6(2,3)9-5(8)4-7;2*3-2(4,5)1-6;;;1-3-2;1-2;/h6-7,10,12-13H,8-9,11H2,1-5H3,(H,23,25);3-4,7,9-10H,5-6,8H2,1-2H3,(H,19,21)(H,22,23);4-6H,7H2,1-3H3,(H,16,18);7-8H,6,11H2,1-5H3;1-3H,4H2,(H,12,15)(H,13,14);1-3H,(H,10,11);4,7H2,1-3H3;2*1H;2*1H4;;;1H2/t13-;10-;;8-;;;;;;;;;;/m11.0........../s1. The number of ketones is 2. The van der Waals surface area contributed by atoms with Crippen LogP contribution in [0.4, 0.5) is 26.3 Å². The van der Waals surface area contributed by atoms with Crippen LogP contribution in [0.15, 0.2) is 91.0 Å². The summed E-state index contributed by atoms with van der Waals surface area (Å²) in [6.45, 7) is 32.2. The van der Waals surface area contributed by atoms with Gasteiger partial charge in [0.2, 0.25) is 12.6 Å². The summed E-state index contributed by atoms with van der Waals surface area (Å²) in [4.78, 5) is 166. The number of carbonyl (C=O) groups is 15. The topological polar surface area (TPSA) is 454 Å². The molecule has 3 atom stereocenters. The maximum atomic E-state index is 12.4. The molecule has 0 saturated carbocycles. The number of carbonyl (C=O) groups excluding carboxylic acids is 12. The van der Waals surface area contributed by atoms with Gasteiger partial charge in [-0.2, -0.15) is 39.8 Å². The molecule has 0 radical (unpaired) electrons. The average molecular weight is 2260 g/mol. The molecule has 4 amide bonds. The number of alkyl halides is 6. The first kappa shape index (κ1) is 148. The lowest BCUT2D eigenvalue weighted by molar-refractivity contribution is -0.162. The first-order chi connectivity index (χ1) is 61.1. The Hall–Kier alpha value is -7.20. The van der Waals surface area contributed by atoms with E-state index >= 15 is 0 Å². The molecule has 11 N–H and O–H groups in total. The first-order valence-electron chi connectivity index (χ1n) is 38.7. The summed E-state index contributed by atoms with van der Waals surface area (Å²) in [5.74, 6) is -7.88. The Labute approximate surface area is 874 Å². The highest BCUT2D eigenvalue weighted by atomic mass is 35.5. The van der Waals surface area contributed by atoms with Gasteiger partial charge in [-0.3, -0.25) is 67.1 Å². The number of ether oxygens (including phenoxy) is 4. The van der Waals surface area contributed by atoms with Gasteiger partial charge in [0.15, 0.2) is 11.6 Å². The summed E-state index contributed by atoms with van der Waals surface area (Å²) in [7, 11) is 0.917. The molecule has 0 aliphatic heterocycles. The second kappa shape index (κ2) is 75.6. The minimum absolute atomic E-state index is 0. The van der Waals surface area contributed by atoms with E-state index in [1.165, 1.54) is 72.8 Å². The molecule has 0 aliphatic carbocycles. The maximum absolute atomic E-state index is 12.4. The molecule has 0 aliphatic rings. The summed E-state index contributed by atoms with van der Waals surface area (Å²) in [6, 6.07) is 21.7. The third kappa shape index (κ3) is 83.2. The maximum Gasteiger partial charge on any atom is 0.446 e. The Morgan fingerprint density at radius 2 is 0.635 bits per heavy atom. The lowest BCUT2D eigenvalue weighted by Gasteiger charge is -2.24. The summed E-state index contributed by atoms with van der Waals surface area (Å²) in [5.41, 5.74) is 9.38. The number of aliphatic carboxylic acids is 2. The number of halogens is 16. The van der Waals surface area contributed by atoms with Crippen LogP contribution < -0.4 is 32.7 Å². The van der Waals surface area contributed by atoms with Crippen LogP contribution >= 0.6 is 130 Å². The van der Waals surface area contributed by atoms with Crippen LogP contribution in [0, 0.1) is 29.6 Å². The number of benzene rings is 5. The van der Waals surface area contributed by atoms with Crippen molar-refractivity contribution in [2.75, 3.05) is 32.7 Å². The van der Waals surface area contributed by atoms with Crippen LogP contribution in [0.2, 0.25) is 50.2 Å². The van der Waals surface area contributed by atoms with Crippen molar-refractivity contribution in [1.82, 2.24) is 21.3 Å². The van der Waals surface area contributed by atoms with Crippen LogP contribution in [-0.2, 0) is 121 Å². The Bertz CT molecular complexity index is 4680. The monoisotopic (exact) mass is 2250 g/mol. The Morgan fingerprint density at radius 3 is 0.861 bits per heavy atom. The van der Waals surface area contributed by atoms with Gasteiger partial charge in [-0.25, -0.2) is 4.79 Å². The predicted octanol–water partition coefficient (Wildman–Crippen LogP) is 20.5. The minimum atomic E-state index is -4.64. The highest BCUT2D eigenvalue weighted by Crippen LogP contribution is 2.28. The first-order valence-corrected chi connectivity index (χ1v) is 46.5. The molecule has 0 saturated heterocycles. The molecule has 28 nitrogen and oxygen atoms in total. The summed E-state index contributed by atoms with van der Waals surface area (Å²) in [6.07, 6.45) is -9.88. The second-order valence-corrected chi connectivity index (χ2v) is 38.1. The van der Waals surface area contributed by atoms with Crippen molar-refractivity contribution in [3.05, 3.63) is 169 Å². The van der Waals surface area contributed by atoms with E-state index in [1.807, 2.05) is 62.3 Å². The highest BCUT2D eigenvalue weighted by molar-refractivity contribution is 8.37. The third-order valence-corrected chi connectivity index (χ3v) is 16.6. The smallest absolute Gasteiger partial charge is 0.446 e. The van der Waals surface area contributed by atoms with Crippen molar-refractivity contribution in [3.63, 3.8) is 0 Å². The van der Waals surface area contributed by atoms with Crippen molar-refractivity contribution in [2.24, 2.45) is 41.1 Å². The van der Waals surface area contributed by atoms with Crippen molar-refractivity contribution in [3.8, 4) is 0 Å². The number of amides is 4. The van der Waals surface area contributed by atoms with E-state index in [0.29, 0.717) is 50.3 Å². The Balaban J connectivity index is -0.000000197.